The SMILES string of the molecule is CC1(C)CN(C(=O)c2nccc3[nH]ccc23)C(C)(C)CO1. The minimum atomic E-state index is -0.341. The predicted molar refractivity (Wildman–Crippen MR) is 81.2 cm³/mol. The third-order valence-electron chi connectivity index (χ3n) is 4.01. The summed E-state index contributed by atoms with van der Waals surface area (Å²) in [6, 6.07) is 3.77. The molecule has 5 heteroatoms. The van der Waals surface area contributed by atoms with E-state index in [4.69, 9.17) is 4.74 Å². The van der Waals surface area contributed by atoms with Crippen molar-refractivity contribution in [3.8, 4) is 0 Å². The Labute approximate surface area is 124 Å². The minimum Gasteiger partial charge on any atom is -0.371 e. The number of ether oxygens (including phenoxy) is 1. The molecule has 1 N–H and O–H groups in total. The standard InChI is InChI=1S/C16H21N3O2/c1-15(2)10-21-16(3,4)9-19(15)14(20)13-11-5-7-17-12(11)6-8-18-13/h5-8,17H,9-10H2,1-4H3. The molecule has 1 saturated heterocycles. The Bertz CT molecular complexity index is 688. The first kappa shape index (κ1) is 14.1. The summed E-state index contributed by atoms with van der Waals surface area (Å²) in [7, 11) is 0. The molecule has 21 heavy (non-hydrogen) atoms. The number of aromatic nitrogens is 2. The molecule has 0 spiro atoms. The largest absolute Gasteiger partial charge is 0.371 e. The fourth-order valence-electron chi connectivity index (χ4n) is 2.72. The Kier molecular flexibility index (Phi) is 3.06. The molecule has 0 aliphatic carbocycles. The van der Waals surface area contributed by atoms with Crippen LogP contribution in [0.15, 0.2) is 24.5 Å². The Morgan fingerprint density at radius 2 is 2.10 bits per heavy atom. The molecular formula is C16H21N3O2. The molecule has 0 unspecified atom stereocenters. The maximum atomic E-state index is 13.0. The summed E-state index contributed by atoms with van der Waals surface area (Å²) in [6.07, 6.45) is 3.50. The zero-order valence-corrected chi connectivity index (χ0v) is 12.9. The van der Waals surface area contributed by atoms with E-state index in [0.29, 0.717) is 18.8 Å². The van der Waals surface area contributed by atoms with Gasteiger partial charge in [-0.2, -0.15) is 0 Å². The van der Waals surface area contributed by atoms with Gasteiger partial charge in [0, 0.05) is 23.3 Å². The lowest BCUT2D eigenvalue weighted by atomic mass is 9.95. The highest BCUT2D eigenvalue weighted by atomic mass is 16.5. The fraction of sp³-hybridized carbons (Fsp3) is 0.500. The van der Waals surface area contributed by atoms with Crippen LogP contribution >= 0.6 is 0 Å². The van der Waals surface area contributed by atoms with Crippen LogP contribution in [0.25, 0.3) is 10.9 Å². The zero-order chi connectivity index (χ0) is 15.3. The first-order valence-electron chi connectivity index (χ1n) is 7.18. The van der Waals surface area contributed by atoms with E-state index >= 15 is 0 Å². The van der Waals surface area contributed by atoms with Gasteiger partial charge in [-0.3, -0.25) is 9.78 Å². The maximum Gasteiger partial charge on any atom is 0.273 e. The highest BCUT2D eigenvalue weighted by molar-refractivity contribution is 6.04. The van der Waals surface area contributed by atoms with Crippen LogP contribution in [0, 0.1) is 0 Å². The molecule has 0 bridgehead atoms. The average Bonchev–Trinajstić information content (AvgIpc) is 2.89. The molecule has 2 aromatic heterocycles. The maximum absolute atomic E-state index is 13.0. The van der Waals surface area contributed by atoms with Gasteiger partial charge in [0.1, 0.15) is 5.69 Å². The van der Waals surface area contributed by atoms with E-state index in [9.17, 15) is 4.79 Å². The number of carbonyl (C=O) groups excluding carboxylic acids is 1. The Hall–Kier alpha value is -1.88. The number of aromatic amines is 1. The van der Waals surface area contributed by atoms with E-state index in [-0.39, 0.29) is 17.0 Å². The average molecular weight is 287 g/mol. The number of amides is 1. The van der Waals surface area contributed by atoms with E-state index in [2.05, 4.69) is 9.97 Å². The summed E-state index contributed by atoms with van der Waals surface area (Å²) >= 11 is 0. The third kappa shape index (κ3) is 2.42. The molecular weight excluding hydrogens is 266 g/mol. The number of pyridine rings is 1. The molecule has 112 valence electrons. The second-order valence-corrected chi connectivity index (χ2v) is 6.85. The van der Waals surface area contributed by atoms with Crippen LogP contribution in [-0.4, -0.2) is 45.1 Å². The van der Waals surface area contributed by atoms with Crippen LogP contribution in [0.1, 0.15) is 38.2 Å². The number of morpholine rings is 1. The number of fused-ring (bicyclic) bond motifs is 1. The predicted octanol–water partition coefficient (Wildman–Crippen LogP) is 2.59. The van der Waals surface area contributed by atoms with Crippen molar-refractivity contribution >= 4 is 16.8 Å². The highest BCUT2D eigenvalue weighted by Crippen LogP contribution is 2.30. The topological polar surface area (TPSA) is 58.2 Å². The zero-order valence-electron chi connectivity index (χ0n) is 12.9. The van der Waals surface area contributed by atoms with Gasteiger partial charge >= 0.3 is 0 Å². The monoisotopic (exact) mass is 287 g/mol. The molecule has 0 atom stereocenters. The van der Waals surface area contributed by atoms with Crippen molar-refractivity contribution in [2.24, 2.45) is 0 Å². The van der Waals surface area contributed by atoms with Crippen molar-refractivity contribution in [2.45, 2.75) is 38.8 Å². The Morgan fingerprint density at radius 3 is 2.86 bits per heavy atom. The van der Waals surface area contributed by atoms with E-state index in [1.807, 2.05) is 50.9 Å². The second kappa shape index (κ2) is 4.56. The van der Waals surface area contributed by atoms with Gasteiger partial charge in [0.15, 0.2) is 0 Å². The van der Waals surface area contributed by atoms with Crippen LogP contribution in [-0.2, 0) is 4.74 Å². The van der Waals surface area contributed by atoms with Gasteiger partial charge < -0.3 is 14.6 Å². The van der Waals surface area contributed by atoms with Gasteiger partial charge in [-0.05, 0) is 39.8 Å². The minimum absolute atomic E-state index is 0.0402. The summed E-state index contributed by atoms with van der Waals surface area (Å²) in [5.74, 6) is -0.0402. The van der Waals surface area contributed by atoms with Gasteiger partial charge in [0.2, 0.25) is 0 Å². The molecule has 1 amide bonds. The summed E-state index contributed by atoms with van der Waals surface area (Å²) < 4.78 is 5.85. The molecule has 3 rings (SSSR count). The van der Waals surface area contributed by atoms with Crippen molar-refractivity contribution in [1.82, 2.24) is 14.9 Å². The van der Waals surface area contributed by atoms with Crippen molar-refractivity contribution < 1.29 is 9.53 Å². The van der Waals surface area contributed by atoms with Crippen molar-refractivity contribution in [3.63, 3.8) is 0 Å². The van der Waals surface area contributed by atoms with Crippen LogP contribution < -0.4 is 0 Å². The molecule has 0 radical (unpaired) electrons. The lowest BCUT2D eigenvalue weighted by molar-refractivity contribution is -0.128. The molecule has 3 heterocycles. The molecule has 1 aliphatic heterocycles. The van der Waals surface area contributed by atoms with Gasteiger partial charge in [0.25, 0.3) is 5.91 Å². The van der Waals surface area contributed by atoms with Gasteiger partial charge in [-0.25, -0.2) is 0 Å². The fourth-order valence-corrected chi connectivity index (χ4v) is 2.72. The van der Waals surface area contributed by atoms with Crippen LogP contribution in [0.3, 0.4) is 0 Å². The van der Waals surface area contributed by atoms with Crippen LogP contribution in [0.4, 0.5) is 0 Å². The third-order valence-corrected chi connectivity index (χ3v) is 4.01. The molecule has 5 nitrogen and oxygen atoms in total. The number of nitrogens with zero attached hydrogens (tertiary/aromatic N) is 2. The lowest BCUT2D eigenvalue weighted by Gasteiger charge is -2.48. The smallest absolute Gasteiger partial charge is 0.273 e. The number of hydrogen-bond donors (Lipinski definition) is 1. The van der Waals surface area contributed by atoms with E-state index in [0.717, 1.165) is 10.9 Å². The molecule has 2 aromatic rings. The number of H-pyrrole nitrogens is 1. The first-order chi connectivity index (χ1) is 9.80. The Balaban J connectivity index is 2.02. The second-order valence-electron chi connectivity index (χ2n) is 6.85. The highest BCUT2D eigenvalue weighted by Gasteiger charge is 2.42. The van der Waals surface area contributed by atoms with Crippen molar-refractivity contribution in [1.29, 1.82) is 0 Å². The number of nitrogens with one attached hydrogen (secondary N) is 1. The quantitative estimate of drug-likeness (QED) is 0.877. The normalized spacial score (nSPS) is 20.7. The van der Waals surface area contributed by atoms with Gasteiger partial charge in [0.05, 0.1) is 24.3 Å². The van der Waals surface area contributed by atoms with Crippen molar-refractivity contribution in [3.05, 3.63) is 30.2 Å². The lowest BCUT2D eigenvalue weighted by Crippen LogP contribution is -2.61. The number of hydrogen-bond acceptors (Lipinski definition) is 3. The van der Waals surface area contributed by atoms with Crippen molar-refractivity contribution in [2.75, 3.05) is 13.2 Å². The van der Waals surface area contributed by atoms with E-state index in [1.54, 1.807) is 6.20 Å². The van der Waals surface area contributed by atoms with E-state index in [1.165, 1.54) is 0 Å². The Morgan fingerprint density at radius 1 is 1.33 bits per heavy atom. The van der Waals surface area contributed by atoms with E-state index < -0.39 is 0 Å². The molecule has 0 aromatic carbocycles. The number of carbonyl (C=O) groups is 1. The molecule has 0 saturated carbocycles. The van der Waals surface area contributed by atoms with Crippen LogP contribution in [0.5, 0.6) is 0 Å². The number of rotatable bonds is 1. The summed E-state index contributed by atoms with van der Waals surface area (Å²) in [6.45, 7) is 9.14. The summed E-state index contributed by atoms with van der Waals surface area (Å²) in [5.41, 5.74) is 0.752. The molecule has 1 fully saturated rings. The summed E-state index contributed by atoms with van der Waals surface area (Å²) in [4.78, 5) is 22.3. The molecule has 1 aliphatic rings. The van der Waals surface area contributed by atoms with Gasteiger partial charge in [-0.15, -0.1) is 0 Å². The van der Waals surface area contributed by atoms with Crippen LogP contribution in [0.2, 0.25) is 0 Å². The summed E-state index contributed by atoms with van der Waals surface area (Å²) in [5, 5.41) is 0.864. The first-order valence-corrected chi connectivity index (χ1v) is 7.18. The van der Waals surface area contributed by atoms with Gasteiger partial charge in [-0.1, -0.05) is 0 Å².